The lowest BCUT2D eigenvalue weighted by Gasteiger charge is -2.46. The molecule has 0 bridgehead atoms. The topological polar surface area (TPSA) is 79.5 Å². The zero-order chi connectivity index (χ0) is 18.0. The number of anilines is 1. The van der Waals surface area contributed by atoms with E-state index < -0.39 is 11.8 Å². The van der Waals surface area contributed by atoms with Crippen LogP contribution < -0.4 is 20.7 Å². The Hall–Kier alpha value is -2.08. The summed E-state index contributed by atoms with van der Waals surface area (Å²) >= 11 is 0. The number of amides is 2. The molecule has 1 heterocycles. The first kappa shape index (κ1) is 18.3. The quantitative estimate of drug-likeness (QED) is 0.740. The van der Waals surface area contributed by atoms with E-state index in [4.69, 9.17) is 4.74 Å². The van der Waals surface area contributed by atoms with Crippen LogP contribution in [0.25, 0.3) is 0 Å². The lowest BCUT2D eigenvalue weighted by Crippen LogP contribution is -2.62. The Labute approximate surface area is 143 Å². The SMILES string of the molecule is COc1ccccc1NC(=O)C(=O)NC1CC(C)(C)NC(C)(C)C1. The molecule has 0 radical (unpaired) electrons. The van der Waals surface area contributed by atoms with Crippen molar-refractivity contribution in [2.75, 3.05) is 12.4 Å². The highest BCUT2D eigenvalue weighted by molar-refractivity contribution is 6.39. The third-order valence-corrected chi connectivity index (χ3v) is 4.09. The van der Waals surface area contributed by atoms with Gasteiger partial charge in [-0.1, -0.05) is 12.1 Å². The van der Waals surface area contributed by atoms with Gasteiger partial charge in [-0.25, -0.2) is 0 Å². The van der Waals surface area contributed by atoms with E-state index in [0.29, 0.717) is 11.4 Å². The van der Waals surface area contributed by atoms with E-state index in [1.807, 2.05) is 0 Å². The van der Waals surface area contributed by atoms with Crippen LogP contribution in [0.3, 0.4) is 0 Å². The molecule has 24 heavy (non-hydrogen) atoms. The molecule has 0 saturated carbocycles. The number of benzene rings is 1. The Bertz CT molecular complexity index is 610. The van der Waals surface area contributed by atoms with Crippen molar-refractivity contribution in [1.29, 1.82) is 0 Å². The second-order valence-electron chi connectivity index (χ2n) is 7.63. The van der Waals surface area contributed by atoms with E-state index in [1.165, 1.54) is 7.11 Å². The predicted molar refractivity (Wildman–Crippen MR) is 94.1 cm³/mol. The van der Waals surface area contributed by atoms with E-state index in [-0.39, 0.29) is 17.1 Å². The van der Waals surface area contributed by atoms with Crippen molar-refractivity contribution in [2.24, 2.45) is 0 Å². The fraction of sp³-hybridized carbons (Fsp3) is 0.556. The third-order valence-electron chi connectivity index (χ3n) is 4.09. The van der Waals surface area contributed by atoms with Crippen molar-refractivity contribution in [3.8, 4) is 5.75 Å². The van der Waals surface area contributed by atoms with Crippen LogP contribution >= 0.6 is 0 Å². The molecule has 132 valence electrons. The molecule has 1 aromatic rings. The van der Waals surface area contributed by atoms with Crippen LogP contribution in [0.1, 0.15) is 40.5 Å². The van der Waals surface area contributed by atoms with Crippen LogP contribution in [0.4, 0.5) is 5.69 Å². The van der Waals surface area contributed by atoms with Gasteiger partial charge in [0, 0.05) is 17.1 Å². The molecule has 0 unspecified atom stereocenters. The summed E-state index contributed by atoms with van der Waals surface area (Å²) in [6.45, 7) is 8.40. The van der Waals surface area contributed by atoms with Crippen LogP contribution in [0.5, 0.6) is 5.75 Å². The van der Waals surface area contributed by atoms with Crippen molar-refractivity contribution in [3.05, 3.63) is 24.3 Å². The summed E-state index contributed by atoms with van der Waals surface area (Å²) in [5.41, 5.74) is 0.281. The van der Waals surface area contributed by atoms with Crippen LogP contribution in [-0.2, 0) is 9.59 Å². The van der Waals surface area contributed by atoms with Crippen molar-refractivity contribution in [1.82, 2.24) is 10.6 Å². The molecule has 1 aliphatic rings. The predicted octanol–water partition coefficient (Wildman–Crippen LogP) is 2.06. The first-order chi connectivity index (χ1) is 11.1. The highest BCUT2D eigenvalue weighted by Gasteiger charge is 2.38. The molecule has 1 aromatic carbocycles. The second-order valence-corrected chi connectivity index (χ2v) is 7.63. The van der Waals surface area contributed by atoms with Crippen LogP contribution in [0.15, 0.2) is 24.3 Å². The standard InChI is InChI=1S/C18H27N3O3/c1-17(2)10-12(11-18(3,4)21-17)19-15(22)16(23)20-13-8-6-7-9-14(13)24-5/h6-9,12,21H,10-11H2,1-5H3,(H,19,22)(H,20,23). The van der Waals surface area contributed by atoms with Crippen molar-refractivity contribution in [2.45, 2.75) is 57.7 Å². The highest BCUT2D eigenvalue weighted by Crippen LogP contribution is 2.28. The summed E-state index contributed by atoms with van der Waals surface area (Å²) in [5, 5.41) is 9.01. The Morgan fingerprint density at radius 1 is 1.08 bits per heavy atom. The van der Waals surface area contributed by atoms with E-state index >= 15 is 0 Å². The summed E-state index contributed by atoms with van der Waals surface area (Å²) in [7, 11) is 1.52. The minimum absolute atomic E-state index is 0.0489. The second kappa shape index (κ2) is 6.81. The molecular weight excluding hydrogens is 306 g/mol. The van der Waals surface area contributed by atoms with Crippen molar-refractivity contribution in [3.63, 3.8) is 0 Å². The van der Waals surface area contributed by atoms with Gasteiger partial charge in [-0.2, -0.15) is 0 Å². The maximum Gasteiger partial charge on any atom is 0.313 e. The zero-order valence-electron chi connectivity index (χ0n) is 15.0. The molecule has 2 rings (SSSR count). The number of rotatable bonds is 3. The fourth-order valence-electron chi connectivity index (χ4n) is 3.60. The number of hydrogen-bond acceptors (Lipinski definition) is 4. The monoisotopic (exact) mass is 333 g/mol. The average molecular weight is 333 g/mol. The highest BCUT2D eigenvalue weighted by atomic mass is 16.5. The van der Waals surface area contributed by atoms with E-state index in [9.17, 15) is 9.59 Å². The average Bonchev–Trinajstić information content (AvgIpc) is 2.44. The Morgan fingerprint density at radius 3 is 2.25 bits per heavy atom. The molecule has 0 atom stereocenters. The lowest BCUT2D eigenvalue weighted by molar-refractivity contribution is -0.137. The van der Waals surface area contributed by atoms with E-state index in [1.54, 1.807) is 24.3 Å². The maximum absolute atomic E-state index is 12.3. The number of carbonyl (C=O) groups excluding carboxylic acids is 2. The lowest BCUT2D eigenvalue weighted by atomic mass is 9.79. The zero-order valence-corrected chi connectivity index (χ0v) is 15.0. The molecule has 2 amide bonds. The van der Waals surface area contributed by atoms with E-state index in [0.717, 1.165) is 12.8 Å². The summed E-state index contributed by atoms with van der Waals surface area (Å²) < 4.78 is 5.18. The van der Waals surface area contributed by atoms with Gasteiger partial charge in [0.1, 0.15) is 5.75 Å². The number of ether oxygens (including phenoxy) is 1. The number of methoxy groups -OCH3 is 1. The molecule has 0 aromatic heterocycles. The van der Waals surface area contributed by atoms with Gasteiger partial charge in [-0.05, 0) is 52.7 Å². The van der Waals surface area contributed by atoms with Gasteiger partial charge in [0.05, 0.1) is 12.8 Å². The smallest absolute Gasteiger partial charge is 0.313 e. The Morgan fingerprint density at radius 2 is 1.67 bits per heavy atom. The minimum atomic E-state index is -0.686. The van der Waals surface area contributed by atoms with Gasteiger partial charge < -0.3 is 20.7 Å². The first-order valence-corrected chi connectivity index (χ1v) is 8.16. The molecule has 0 aliphatic carbocycles. The normalized spacial score (nSPS) is 19.4. The van der Waals surface area contributed by atoms with Gasteiger partial charge >= 0.3 is 11.8 Å². The van der Waals surface area contributed by atoms with Gasteiger partial charge in [0.2, 0.25) is 0 Å². The largest absolute Gasteiger partial charge is 0.495 e. The maximum atomic E-state index is 12.3. The van der Waals surface area contributed by atoms with Gasteiger partial charge in [-0.15, -0.1) is 0 Å². The van der Waals surface area contributed by atoms with Crippen LogP contribution in [0, 0.1) is 0 Å². The Kier molecular flexibility index (Phi) is 5.18. The van der Waals surface area contributed by atoms with Gasteiger partial charge in [0.25, 0.3) is 0 Å². The minimum Gasteiger partial charge on any atom is -0.495 e. The molecule has 6 nitrogen and oxygen atoms in total. The molecule has 3 N–H and O–H groups in total. The molecule has 1 saturated heterocycles. The molecular formula is C18H27N3O3. The summed E-state index contributed by atoms with van der Waals surface area (Å²) in [6.07, 6.45) is 1.54. The van der Waals surface area contributed by atoms with Gasteiger partial charge in [-0.3, -0.25) is 9.59 Å². The Balaban J connectivity index is 2.00. The first-order valence-electron chi connectivity index (χ1n) is 8.16. The summed E-state index contributed by atoms with van der Waals surface area (Å²) in [4.78, 5) is 24.4. The number of carbonyl (C=O) groups is 2. The molecule has 0 spiro atoms. The third kappa shape index (κ3) is 4.71. The molecule has 1 aliphatic heterocycles. The van der Waals surface area contributed by atoms with E-state index in [2.05, 4.69) is 43.6 Å². The summed E-state index contributed by atoms with van der Waals surface area (Å²) in [5.74, 6) is -0.796. The van der Waals surface area contributed by atoms with Crippen molar-refractivity contribution < 1.29 is 14.3 Å². The summed E-state index contributed by atoms with van der Waals surface area (Å²) in [6, 6.07) is 6.94. The van der Waals surface area contributed by atoms with Crippen LogP contribution in [0.2, 0.25) is 0 Å². The fourth-order valence-corrected chi connectivity index (χ4v) is 3.60. The molecule has 6 heteroatoms. The van der Waals surface area contributed by atoms with Gasteiger partial charge in [0.15, 0.2) is 0 Å². The number of piperidine rings is 1. The number of nitrogens with one attached hydrogen (secondary N) is 3. The number of para-hydroxylation sites is 2. The van der Waals surface area contributed by atoms with Crippen LogP contribution in [-0.4, -0.2) is 36.0 Å². The van der Waals surface area contributed by atoms with Crippen molar-refractivity contribution >= 4 is 17.5 Å². The molecule has 1 fully saturated rings. The number of hydrogen-bond donors (Lipinski definition) is 3.